The molecule has 2 aromatic rings. The molecule has 0 N–H and O–H groups in total. The molecule has 0 unspecified atom stereocenters. The summed E-state index contributed by atoms with van der Waals surface area (Å²) in [6.45, 7) is 2.36. The molecule has 0 atom stereocenters. The Morgan fingerprint density at radius 1 is 1.43 bits per heavy atom. The van der Waals surface area contributed by atoms with E-state index >= 15 is 0 Å². The van der Waals surface area contributed by atoms with E-state index in [4.69, 9.17) is 4.74 Å². The van der Waals surface area contributed by atoms with Gasteiger partial charge in [-0.1, -0.05) is 12.1 Å². The van der Waals surface area contributed by atoms with Crippen molar-refractivity contribution < 1.29 is 9.47 Å². The molecule has 0 radical (unpaired) electrons. The van der Waals surface area contributed by atoms with Crippen LogP contribution in [0.1, 0.15) is 6.92 Å². The molecule has 0 aliphatic carbocycles. The number of benzene rings is 1. The fourth-order valence-electron chi connectivity index (χ4n) is 1.28. The van der Waals surface area contributed by atoms with Crippen LogP contribution in [0.5, 0.6) is 5.88 Å². The lowest BCUT2D eigenvalue weighted by atomic mass is 10.3. The Hall–Kier alpha value is -1.84. The quantitative estimate of drug-likeness (QED) is 0.529. The molecule has 2 rings (SSSR count). The van der Waals surface area contributed by atoms with Gasteiger partial charge in [-0.3, -0.25) is 0 Å². The Labute approximate surface area is 81.4 Å². The van der Waals surface area contributed by atoms with Crippen LogP contribution >= 0.6 is 0 Å². The molecule has 0 amide bonds. The predicted molar refractivity (Wildman–Crippen MR) is 51.9 cm³/mol. The standard InChI is InChI=1S/C10H10N2O2/c1-2-14-10-7-12(13)9-6-4-3-5-8(9)11-10/h3-7H,2H2,1H3. The van der Waals surface area contributed by atoms with E-state index < -0.39 is 0 Å². The summed E-state index contributed by atoms with van der Waals surface area (Å²) < 4.78 is 5.93. The molecule has 4 nitrogen and oxygen atoms in total. The van der Waals surface area contributed by atoms with Crippen molar-refractivity contribution in [1.82, 2.24) is 4.98 Å². The van der Waals surface area contributed by atoms with Crippen molar-refractivity contribution >= 4 is 11.0 Å². The van der Waals surface area contributed by atoms with Crippen LogP contribution in [0.25, 0.3) is 11.0 Å². The second kappa shape index (κ2) is 3.49. The summed E-state index contributed by atoms with van der Waals surface area (Å²) in [5.74, 6) is 0.362. The van der Waals surface area contributed by atoms with Crippen molar-refractivity contribution in [2.45, 2.75) is 6.92 Å². The van der Waals surface area contributed by atoms with Crippen LogP contribution in [0.15, 0.2) is 30.5 Å². The summed E-state index contributed by atoms with van der Waals surface area (Å²) >= 11 is 0. The molecule has 0 fully saturated rings. The number of aromatic nitrogens is 2. The Morgan fingerprint density at radius 2 is 2.21 bits per heavy atom. The van der Waals surface area contributed by atoms with Crippen molar-refractivity contribution in [2.75, 3.05) is 6.61 Å². The minimum Gasteiger partial charge on any atom is -0.618 e. The van der Waals surface area contributed by atoms with Gasteiger partial charge in [-0.15, -0.1) is 0 Å². The second-order valence-electron chi connectivity index (χ2n) is 2.83. The fraction of sp³-hybridized carbons (Fsp3) is 0.200. The van der Waals surface area contributed by atoms with Gasteiger partial charge in [0.1, 0.15) is 5.52 Å². The smallest absolute Gasteiger partial charge is 0.281 e. The monoisotopic (exact) mass is 190 g/mol. The summed E-state index contributed by atoms with van der Waals surface area (Å²) in [5, 5.41) is 11.5. The fourth-order valence-corrected chi connectivity index (χ4v) is 1.28. The molecule has 1 aromatic heterocycles. The minimum absolute atomic E-state index is 0.362. The van der Waals surface area contributed by atoms with Crippen molar-refractivity contribution in [3.05, 3.63) is 35.7 Å². The number of hydrogen-bond acceptors (Lipinski definition) is 3. The van der Waals surface area contributed by atoms with Gasteiger partial charge in [0.2, 0.25) is 11.7 Å². The van der Waals surface area contributed by atoms with E-state index in [0.29, 0.717) is 23.5 Å². The second-order valence-corrected chi connectivity index (χ2v) is 2.83. The molecule has 1 aromatic carbocycles. The zero-order valence-corrected chi connectivity index (χ0v) is 7.80. The highest BCUT2D eigenvalue weighted by Crippen LogP contribution is 2.10. The highest BCUT2D eigenvalue weighted by molar-refractivity contribution is 5.70. The zero-order valence-electron chi connectivity index (χ0n) is 7.80. The molecule has 0 saturated heterocycles. The van der Waals surface area contributed by atoms with Crippen molar-refractivity contribution in [3.8, 4) is 5.88 Å². The molecule has 72 valence electrons. The number of nitrogens with zero attached hydrogens (tertiary/aromatic N) is 2. The Bertz CT molecular complexity index is 457. The maximum atomic E-state index is 11.5. The molecular weight excluding hydrogens is 180 g/mol. The van der Waals surface area contributed by atoms with Crippen LogP contribution < -0.4 is 9.47 Å². The van der Waals surface area contributed by atoms with Gasteiger partial charge in [-0.2, -0.15) is 4.73 Å². The first kappa shape index (κ1) is 8.74. The topological polar surface area (TPSA) is 49.1 Å². The lowest BCUT2D eigenvalue weighted by molar-refractivity contribution is -0.577. The molecule has 0 aliphatic heterocycles. The normalized spacial score (nSPS) is 10.4. The van der Waals surface area contributed by atoms with E-state index in [1.807, 2.05) is 13.0 Å². The van der Waals surface area contributed by atoms with Crippen LogP contribution in [-0.2, 0) is 0 Å². The summed E-state index contributed by atoms with van der Waals surface area (Å²) in [7, 11) is 0. The summed E-state index contributed by atoms with van der Waals surface area (Å²) in [4.78, 5) is 4.18. The first-order valence-corrected chi connectivity index (χ1v) is 4.43. The molecule has 1 heterocycles. The van der Waals surface area contributed by atoms with E-state index in [0.717, 1.165) is 4.73 Å². The summed E-state index contributed by atoms with van der Waals surface area (Å²) in [5.41, 5.74) is 1.20. The third-order valence-electron chi connectivity index (χ3n) is 1.87. The third kappa shape index (κ3) is 1.46. The molecule has 0 saturated carbocycles. The highest BCUT2D eigenvalue weighted by Gasteiger charge is 2.07. The number of ether oxygens (including phenoxy) is 1. The van der Waals surface area contributed by atoms with Gasteiger partial charge in [-0.05, 0) is 13.0 Å². The first-order chi connectivity index (χ1) is 6.81. The summed E-state index contributed by atoms with van der Waals surface area (Å²) in [6.07, 6.45) is 1.34. The predicted octanol–water partition coefficient (Wildman–Crippen LogP) is 1.27. The van der Waals surface area contributed by atoms with Crippen LogP contribution in [-0.4, -0.2) is 11.6 Å². The van der Waals surface area contributed by atoms with Gasteiger partial charge in [0.05, 0.1) is 6.61 Å². The van der Waals surface area contributed by atoms with Crippen molar-refractivity contribution in [3.63, 3.8) is 0 Å². The lowest BCUT2D eigenvalue weighted by Crippen LogP contribution is -2.27. The van der Waals surface area contributed by atoms with Crippen LogP contribution in [0.3, 0.4) is 0 Å². The maximum Gasteiger partial charge on any atom is 0.281 e. The van der Waals surface area contributed by atoms with E-state index in [2.05, 4.69) is 4.98 Å². The molecule has 0 aliphatic rings. The molecule has 4 heteroatoms. The average Bonchev–Trinajstić information content (AvgIpc) is 2.18. The Morgan fingerprint density at radius 3 is 3.00 bits per heavy atom. The third-order valence-corrected chi connectivity index (χ3v) is 1.87. The first-order valence-electron chi connectivity index (χ1n) is 4.43. The molecule has 0 spiro atoms. The maximum absolute atomic E-state index is 11.5. The van der Waals surface area contributed by atoms with E-state index in [1.54, 1.807) is 18.2 Å². The Kier molecular flexibility index (Phi) is 2.18. The van der Waals surface area contributed by atoms with E-state index in [9.17, 15) is 5.21 Å². The minimum atomic E-state index is 0.362. The lowest BCUT2D eigenvalue weighted by Gasteiger charge is -2.04. The number of fused-ring (bicyclic) bond motifs is 1. The average molecular weight is 190 g/mol. The molecular formula is C10H10N2O2. The molecule has 14 heavy (non-hydrogen) atoms. The SMILES string of the molecule is CCOc1c[n+]([O-])c2ccccc2n1. The van der Waals surface area contributed by atoms with Gasteiger partial charge in [0, 0.05) is 6.07 Å². The molecule has 0 bridgehead atoms. The zero-order chi connectivity index (χ0) is 9.97. The van der Waals surface area contributed by atoms with Crippen LogP contribution in [0.2, 0.25) is 0 Å². The van der Waals surface area contributed by atoms with E-state index in [1.165, 1.54) is 6.20 Å². The number of hydrogen-bond donors (Lipinski definition) is 0. The van der Waals surface area contributed by atoms with Gasteiger partial charge >= 0.3 is 0 Å². The summed E-state index contributed by atoms with van der Waals surface area (Å²) in [6, 6.07) is 7.15. The largest absolute Gasteiger partial charge is 0.618 e. The van der Waals surface area contributed by atoms with Crippen molar-refractivity contribution in [1.29, 1.82) is 0 Å². The van der Waals surface area contributed by atoms with Gasteiger partial charge < -0.3 is 9.94 Å². The van der Waals surface area contributed by atoms with Gasteiger partial charge in [0.15, 0.2) is 0 Å². The number of rotatable bonds is 2. The Balaban J connectivity index is 2.60. The van der Waals surface area contributed by atoms with Crippen molar-refractivity contribution in [2.24, 2.45) is 0 Å². The van der Waals surface area contributed by atoms with E-state index in [-0.39, 0.29) is 0 Å². The van der Waals surface area contributed by atoms with Gasteiger partial charge in [-0.25, -0.2) is 4.98 Å². The van der Waals surface area contributed by atoms with Crippen LogP contribution in [0.4, 0.5) is 0 Å². The highest BCUT2D eigenvalue weighted by atomic mass is 16.5. The number of para-hydroxylation sites is 2. The van der Waals surface area contributed by atoms with Crippen LogP contribution in [0, 0.1) is 5.21 Å². The van der Waals surface area contributed by atoms with Gasteiger partial charge in [0.25, 0.3) is 5.88 Å².